The molecule has 1 amide bonds. The highest BCUT2D eigenvalue weighted by molar-refractivity contribution is 6.20. The van der Waals surface area contributed by atoms with Crippen molar-refractivity contribution in [3.63, 3.8) is 0 Å². The van der Waals surface area contributed by atoms with Crippen molar-refractivity contribution in [1.29, 1.82) is 0 Å². The highest BCUT2D eigenvalue weighted by Crippen LogP contribution is 2.01. The topological polar surface area (TPSA) is 38.3 Å². The van der Waals surface area contributed by atoms with Crippen LogP contribution in [-0.4, -0.2) is 31.0 Å². The monoisotopic (exact) mass is 207 g/mol. The van der Waals surface area contributed by atoms with Crippen LogP contribution in [0, 0.1) is 0 Å². The molecule has 78 valence electrons. The van der Waals surface area contributed by atoms with Crippen LogP contribution in [0.4, 0.5) is 0 Å². The second kappa shape index (κ2) is 8.32. The van der Waals surface area contributed by atoms with E-state index in [9.17, 15) is 4.79 Å². The van der Waals surface area contributed by atoms with Gasteiger partial charge in [0.1, 0.15) is 6.61 Å². The molecule has 0 rings (SSSR count). The van der Waals surface area contributed by atoms with Gasteiger partial charge in [0.25, 0.3) is 0 Å². The molecular weight excluding hydrogens is 190 g/mol. The lowest BCUT2D eigenvalue weighted by molar-refractivity contribution is -0.125. The maximum absolute atomic E-state index is 11.0. The van der Waals surface area contributed by atoms with Crippen LogP contribution in [0.15, 0.2) is 0 Å². The fourth-order valence-electron chi connectivity index (χ4n) is 0.857. The Balaban J connectivity index is 3.17. The average molecular weight is 208 g/mol. The summed E-state index contributed by atoms with van der Waals surface area (Å²) in [6, 6.07) is 0. The van der Waals surface area contributed by atoms with E-state index in [0.717, 1.165) is 12.8 Å². The molecule has 0 fully saturated rings. The summed E-state index contributed by atoms with van der Waals surface area (Å²) in [5.74, 6) is -0.0518. The van der Waals surface area contributed by atoms with Gasteiger partial charge in [-0.3, -0.25) is 4.79 Å². The molecular formula is C9H18ClNO2. The Morgan fingerprint density at radius 3 is 2.85 bits per heavy atom. The fourth-order valence-corrected chi connectivity index (χ4v) is 1.01. The molecule has 0 aliphatic heterocycles. The third kappa shape index (κ3) is 9.64. The Hall–Kier alpha value is -0.280. The summed E-state index contributed by atoms with van der Waals surface area (Å²) >= 11 is 5.74. The number of halogens is 1. The predicted molar refractivity (Wildman–Crippen MR) is 54.1 cm³/mol. The molecule has 1 atom stereocenters. The van der Waals surface area contributed by atoms with Gasteiger partial charge in [0.15, 0.2) is 0 Å². The molecule has 0 aromatic heterocycles. The van der Waals surface area contributed by atoms with Crippen LogP contribution >= 0.6 is 11.6 Å². The van der Waals surface area contributed by atoms with E-state index in [4.69, 9.17) is 16.3 Å². The van der Waals surface area contributed by atoms with E-state index in [2.05, 4.69) is 5.32 Å². The Morgan fingerprint density at radius 1 is 1.62 bits per heavy atom. The van der Waals surface area contributed by atoms with E-state index in [-0.39, 0.29) is 17.9 Å². The first kappa shape index (κ1) is 12.7. The van der Waals surface area contributed by atoms with Crippen molar-refractivity contribution in [2.75, 3.05) is 19.8 Å². The molecule has 3 nitrogen and oxygen atoms in total. The minimum atomic E-state index is -0.0518. The van der Waals surface area contributed by atoms with Crippen LogP contribution in [0.5, 0.6) is 0 Å². The van der Waals surface area contributed by atoms with Crippen LogP contribution < -0.4 is 5.32 Å². The highest BCUT2D eigenvalue weighted by atomic mass is 35.5. The van der Waals surface area contributed by atoms with Crippen molar-refractivity contribution in [2.24, 2.45) is 0 Å². The highest BCUT2D eigenvalue weighted by Gasteiger charge is 2.00. The van der Waals surface area contributed by atoms with Crippen molar-refractivity contribution in [2.45, 2.75) is 32.1 Å². The number of hydrogen-bond acceptors (Lipinski definition) is 2. The van der Waals surface area contributed by atoms with Gasteiger partial charge in [0, 0.05) is 18.5 Å². The minimum Gasteiger partial charge on any atom is -0.372 e. The molecule has 0 aliphatic carbocycles. The van der Waals surface area contributed by atoms with E-state index < -0.39 is 0 Å². The van der Waals surface area contributed by atoms with Gasteiger partial charge in [-0.15, -0.1) is 11.6 Å². The van der Waals surface area contributed by atoms with Crippen molar-refractivity contribution >= 4 is 17.5 Å². The van der Waals surface area contributed by atoms with E-state index in [1.165, 1.54) is 0 Å². The number of amides is 1. The third-order valence-electron chi connectivity index (χ3n) is 1.54. The zero-order valence-electron chi connectivity index (χ0n) is 8.31. The summed E-state index contributed by atoms with van der Waals surface area (Å²) in [5.41, 5.74) is 0. The van der Waals surface area contributed by atoms with Crippen molar-refractivity contribution < 1.29 is 9.53 Å². The van der Waals surface area contributed by atoms with Crippen molar-refractivity contribution in [1.82, 2.24) is 5.32 Å². The molecule has 1 N–H and O–H groups in total. The Bertz CT molecular complexity index is 140. The van der Waals surface area contributed by atoms with Crippen molar-refractivity contribution in [3.05, 3.63) is 0 Å². The second-order valence-corrected chi connectivity index (χ2v) is 3.66. The number of hydrogen-bond donors (Lipinski definition) is 1. The first-order valence-electron chi connectivity index (χ1n) is 4.65. The molecule has 0 radical (unpaired) electrons. The molecule has 1 unspecified atom stereocenters. The number of rotatable bonds is 7. The predicted octanol–water partition coefficient (Wildman–Crippen LogP) is 1.55. The maximum atomic E-state index is 11.0. The largest absolute Gasteiger partial charge is 0.372 e. The molecule has 0 aromatic rings. The standard InChI is InChI=1S/C9H18ClNO2/c1-3-13-7-9(12)11-6-4-5-8(2)10/h8H,3-7H2,1-2H3,(H,11,12). The van der Waals surface area contributed by atoms with Gasteiger partial charge in [-0.1, -0.05) is 0 Å². The molecule has 0 aromatic carbocycles. The lowest BCUT2D eigenvalue weighted by atomic mass is 10.2. The second-order valence-electron chi connectivity index (χ2n) is 2.91. The van der Waals surface area contributed by atoms with E-state index in [0.29, 0.717) is 13.2 Å². The van der Waals surface area contributed by atoms with Crippen LogP contribution in [0.3, 0.4) is 0 Å². The quantitative estimate of drug-likeness (QED) is 0.508. The van der Waals surface area contributed by atoms with Gasteiger partial charge in [-0.05, 0) is 26.7 Å². The molecule has 0 spiro atoms. The Kier molecular flexibility index (Phi) is 8.14. The Morgan fingerprint density at radius 2 is 2.31 bits per heavy atom. The smallest absolute Gasteiger partial charge is 0.245 e. The van der Waals surface area contributed by atoms with Gasteiger partial charge in [-0.25, -0.2) is 0 Å². The lowest BCUT2D eigenvalue weighted by Gasteiger charge is -2.05. The zero-order valence-corrected chi connectivity index (χ0v) is 9.06. The number of nitrogens with one attached hydrogen (secondary N) is 1. The molecule has 0 saturated carbocycles. The van der Waals surface area contributed by atoms with Gasteiger partial charge < -0.3 is 10.1 Å². The molecule has 13 heavy (non-hydrogen) atoms. The van der Waals surface area contributed by atoms with Crippen LogP contribution in [0.25, 0.3) is 0 Å². The van der Waals surface area contributed by atoms with E-state index in [1.807, 2.05) is 13.8 Å². The van der Waals surface area contributed by atoms with Crippen LogP contribution in [0.2, 0.25) is 0 Å². The van der Waals surface area contributed by atoms with Gasteiger partial charge in [-0.2, -0.15) is 0 Å². The SMILES string of the molecule is CCOCC(=O)NCCCC(C)Cl. The lowest BCUT2D eigenvalue weighted by Crippen LogP contribution is -2.28. The average Bonchev–Trinajstić information content (AvgIpc) is 2.08. The molecule has 4 heteroatoms. The van der Waals surface area contributed by atoms with Crippen LogP contribution in [0.1, 0.15) is 26.7 Å². The summed E-state index contributed by atoms with van der Waals surface area (Å²) in [6.07, 6.45) is 1.85. The molecule has 0 saturated heterocycles. The van der Waals surface area contributed by atoms with Crippen LogP contribution in [-0.2, 0) is 9.53 Å². The molecule has 0 heterocycles. The first-order valence-corrected chi connectivity index (χ1v) is 5.09. The summed E-state index contributed by atoms with van der Waals surface area (Å²) in [6.45, 7) is 5.23. The summed E-state index contributed by atoms with van der Waals surface area (Å²) in [7, 11) is 0. The van der Waals surface area contributed by atoms with Gasteiger partial charge in [0.2, 0.25) is 5.91 Å². The summed E-state index contributed by atoms with van der Waals surface area (Å²) in [5, 5.41) is 2.93. The summed E-state index contributed by atoms with van der Waals surface area (Å²) < 4.78 is 4.94. The van der Waals surface area contributed by atoms with Gasteiger partial charge >= 0.3 is 0 Å². The van der Waals surface area contributed by atoms with Gasteiger partial charge in [0.05, 0.1) is 0 Å². The number of ether oxygens (including phenoxy) is 1. The fraction of sp³-hybridized carbons (Fsp3) is 0.889. The molecule has 0 aliphatic rings. The number of alkyl halides is 1. The van der Waals surface area contributed by atoms with Crippen molar-refractivity contribution in [3.8, 4) is 0 Å². The maximum Gasteiger partial charge on any atom is 0.245 e. The Labute approximate surface area is 84.8 Å². The number of carbonyl (C=O) groups excluding carboxylic acids is 1. The number of carbonyl (C=O) groups is 1. The minimum absolute atomic E-state index is 0.0518. The zero-order chi connectivity index (χ0) is 10.1. The normalized spacial score (nSPS) is 12.5. The third-order valence-corrected chi connectivity index (χ3v) is 1.76. The van der Waals surface area contributed by atoms with E-state index >= 15 is 0 Å². The molecule has 0 bridgehead atoms. The first-order chi connectivity index (χ1) is 6.16. The summed E-state index contributed by atoms with van der Waals surface area (Å²) in [4.78, 5) is 11.0. The van der Waals surface area contributed by atoms with E-state index in [1.54, 1.807) is 0 Å².